The van der Waals surface area contributed by atoms with Crippen LogP contribution in [-0.2, 0) is 9.53 Å². The van der Waals surface area contributed by atoms with E-state index >= 15 is 0 Å². The minimum atomic E-state index is -3.04. The van der Waals surface area contributed by atoms with Crippen molar-refractivity contribution in [1.82, 2.24) is 4.90 Å². The first-order chi connectivity index (χ1) is 16.5. The van der Waals surface area contributed by atoms with Gasteiger partial charge in [0.05, 0.1) is 19.3 Å². The summed E-state index contributed by atoms with van der Waals surface area (Å²) >= 11 is 0. The number of aliphatic hydroxyl groups is 2. The fourth-order valence-electron chi connectivity index (χ4n) is 9.73. The Hall–Kier alpha value is -0.790. The molecule has 35 heavy (non-hydrogen) atoms. The van der Waals surface area contributed by atoms with E-state index in [1.54, 1.807) is 0 Å². The number of hydrogen-bond acceptors (Lipinski definition) is 4. The van der Waals surface area contributed by atoms with Crippen LogP contribution in [0.5, 0.6) is 0 Å². The van der Waals surface area contributed by atoms with Crippen molar-refractivity contribution in [3.63, 3.8) is 0 Å². The number of morpholine rings is 1. The van der Waals surface area contributed by atoms with Gasteiger partial charge in [-0.1, -0.05) is 20.8 Å². The molecule has 5 rings (SSSR count). The lowest BCUT2D eigenvalue weighted by molar-refractivity contribution is -0.236. The molecular formula is C28H45F2NO4. The van der Waals surface area contributed by atoms with Gasteiger partial charge in [0.2, 0.25) is 5.91 Å². The van der Waals surface area contributed by atoms with Gasteiger partial charge in [-0.15, -0.1) is 0 Å². The lowest BCUT2D eigenvalue weighted by atomic mass is 9.43. The first-order valence-electron chi connectivity index (χ1n) is 14.1. The van der Waals surface area contributed by atoms with Gasteiger partial charge in [0.25, 0.3) is 5.92 Å². The molecule has 4 aliphatic carbocycles. The van der Waals surface area contributed by atoms with Gasteiger partial charge in [-0.05, 0) is 91.3 Å². The van der Waals surface area contributed by atoms with E-state index in [1.165, 1.54) is 0 Å². The Bertz CT molecular complexity index is 804. The van der Waals surface area contributed by atoms with Crippen molar-refractivity contribution in [2.24, 2.45) is 46.3 Å². The molecule has 4 unspecified atom stereocenters. The lowest BCUT2D eigenvalue weighted by Crippen LogP contribution is -2.62. The molecule has 1 amide bonds. The average Bonchev–Trinajstić information content (AvgIpc) is 3.17. The van der Waals surface area contributed by atoms with Crippen LogP contribution in [0.2, 0.25) is 0 Å². The molecule has 7 heteroatoms. The van der Waals surface area contributed by atoms with E-state index in [4.69, 9.17) is 4.74 Å². The molecule has 0 aromatic rings. The Morgan fingerprint density at radius 2 is 1.74 bits per heavy atom. The van der Waals surface area contributed by atoms with Crippen LogP contribution in [0.1, 0.15) is 78.6 Å². The van der Waals surface area contributed by atoms with Crippen LogP contribution < -0.4 is 0 Å². The lowest BCUT2D eigenvalue weighted by Gasteiger charge is -2.63. The number of ether oxygens (including phenoxy) is 1. The highest BCUT2D eigenvalue weighted by molar-refractivity contribution is 5.76. The molecule has 0 aromatic heterocycles. The van der Waals surface area contributed by atoms with Crippen LogP contribution in [0, 0.1) is 46.3 Å². The van der Waals surface area contributed by atoms with Gasteiger partial charge < -0.3 is 19.8 Å². The quantitative estimate of drug-likeness (QED) is 0.600. The second kappa shape index (κ2) is 9.20. The van der Waals surface area contributed by atoms with Crippen molar-refractivity contribution in [3.05, 3.63) is 0 Å². The predicted octanol–water partition coefficient (Wildman–Crippen LogP) is 4.50. The van der Waals surface area contributed by atoms with Gasteiger partial charge >= 0.3 is 0 Å². The molecule has 0 radical (unpaired) electrons. The van der Waals surface area contributed by atoms with Crippen molar-refractivity contribution in [2.45, 2.75) is 96.7 Å². The number of rotatable bonds is 4. The molecule has 1 aliphatic heterocycles. The molecule has 0 aromatic carbocycles. The molecule has 5 nitrogen and oxygen atoms in total. The second-order valence-corrected chi connectivity index (χ2v) is 13.2. The number of amides is 1. The van der Waals surface area contributed by atoms with Crippen molar-refractivity contribution < 1.29 is 28.5 Å². The summed E-state index contributed by atoms with van der Waals surface area (Å²) in [6.07, 6.45) is 3.79. The van der Waals surface area contributed by atoms with Gasteiger partial charge in [0.15, 0.2) is 0 Å². The highest BCUT2D eigenvalue weighted by Gasteiger charge is 2.66. The van der Waals surface area contributed by atoms with Crippen LogP contribution in [0.3, 0.4) is 0 Å². The summed E-state index contributed by atoms with van der Waals surface area (Å²) in [5, 5.41) is 21.4. The Morgan fingerprint density at radius 3 is 2.46 bits per heavy atom. The van der Waals surface area contributed by atoms with E-state index in [0.29, 0.717) is 56.9 Å². The number of halogens is 2. The maximum Gasteiger partial charge on any atom is 0.274 e. The van der Waals surface area contributed by atoms with E-state index in [0.717, 1.165) is 32.1 Å². The van der Waals surface area contributed by atoms with Gasteiger partial charge in [0, 0.05) is 25.9 Å². The van der Waals surface area contributed by atoms with Crippen molar-refractivity contribution in [3.8, 4) is 0 Å². The van der Waals surface area contributed by atoms with Crippen LogP contribution in [0.15, 0.2) is 0 Å². The monoisotopic (exact) mass is 497 g/mol. The number of nitrogens with zero attached hydrogens (tertiary/aromatic N) is 1. The summed E-state index contributed by atoms with van der Waals surface area (Å²) in [5.74, 6) is -1.44. The van der Waals surface area contributed by atoms with Gasteiger partial charge in [-0.2, -0.15) is 0 Å². The van der Waals surface area contributed by atoms with Crippen LogP contribution in [0.25, 0.3) is 0 Å². The summed E-state index contributed by atoms with van der Waals surface area (Å²) < 4.78 is 34.8. The number of alkyl halides is 2. The zero-order chi connectivity index (χ0) is 25.2. The van der Waals surface area contributed by atoms with E-state index < -0.39 is 23.5 Å². The molecule has 1 heterocycles. The van der Waals surface area contributed by atoms with Crippen molar-refractivity contribution in [1.29, 1.82) is 0 Å². The molecule has 200 valence electrons. The Morgan fingerprint density at radius 1 is 1.06 bits per heavy atom. The summed E-state index contributed by atoms with van der Waals surface area (Å²) in [7, 11) is 0. The largest absolute Gasteiger partial charge is 0.393 e. The molecule has 4 saturated carbocycles. The van der Waals surface area contributed by atoms with Crippen LogP contribution in [0.4, 0.5) is 8.78 Å². The van der Waals surface area contributed by atoms with E-state index in [-0.39, 0.29) is 41.9 Å². The number of hydrogen-bond donors (Lipinski definition) is 2. The smallest absolute Gasteiger partial charge is 0.274 e. The molecule has 2 N–H and O–H groups in total. The second-order valence-electron chi connectivity index (χ2n) is 13.2. The third kappa shape index (κ3) is 4.25. The topological polar surface area (TPSA) is 70.0 Å². The highest BCUT2D eigenvalue weighted by Crippen LogP contribution is 2.69. The number of carbonyl (C=O) groups excluding carboxylic acids is 1. The summed E-state index contributed by atoms with van der Waals surface area (Å²) in [4.78, 5) is 14.6. The third-order valence-corrected chi connectivity index (χ3v) is 11.6. The number of aliphatic hydroxyl groups excluding tert-OH is 2. The first kappa shape index (κ1) is 25.8. The maximum absolute atomic E-state index is 14.7. The summed E-state index contributed by atoms with van der Waals surface area (Å²) in [6, 6.07) is 0. The molecular weight excluding hydrogens is 452 g/mol. The van der Waals surface area contributed by atoms with Crippen LogP contribution >= 0.6 is 0 Å². The van der Waals surface area contributed by atoms with Crippen molar-refractivity contribution in [2.75, 3.05) is 26.3 Å². The third-order valence-electron chi connectivity index (χ3n) is 11.6. The SMILES string of the molecule is C[C@H](CCC(=O)N1CCOCC1)[C@H]1CCC2C3C(O)C[C@@H]4C[C@@H](O)C(F)(F)C[C@]4(C)C3CC[C@@]21C. The van der Waals surface area contributed by atoms with Gasteiger partial charge in [-0.3, -0.25) is 4.79 Å². The Labute approximate surface area is 209 Å². The number of carbonyl (C=O) groups is 1. The molecule has 1 saturated heterocycles. The first-order valence-corrected chi connectivity index (χ1v) is 14.1. The maximum atomic E-state index is 14.7. The minimum Gasteiger partial charge on any atom is -0.393 e. The Kier molecular flexibility index (Phi) is 6.79. The average molecular weight is 498 g/mol. The molecule has 10 atom stereocenters. The predicted molar refractivity (Wildman–Crippen MR) is 129 cm³/mol. The van der Waals surface area contributed by atoms with Gasteiger partial charge in [-0.25, -0.2) is 8.78 Å². The summed E-state index contributed by atoms with van der Waals surface area (Å²) in [5.41, 5.74) is -0.439. The molecule has 5 fully saturated rings. The van der Waals surface area contributed by atoms with Gasteiger partial charge in [0.1, 0.15) is 6.10 Å². The fourth-order valence-corrected chi connectivity index (χ4v) is 9.73. The number of fused-ring (bicyclic) bond motifs is 5. The fraction of sp³-hybridized carbons (Fsp3) is 0.964. The van der Waals surface area contributed by atoms with E-state index in [9.17, 15) is 23.8 Å². The van der Waals surface area contributed by atoms with Crippen LogP contribution in [-0.4, -0.2) is 65.5 Å². The molecule has 0 bridgehead atoms. The van der Waals surface area contributed by atoms with E-state index in [2.05, 4.69) is 13.8 Å². The zero-order valence-electron chi connectivity index (χ0n) is 21.7. The van der Waals surface area contributed by atoms with E-state index in [1.807, 2.05) is 11.8 Å². The van der Waals surface area contributed by atoms with Crippen molar-refractivity contribution >= 4 is 5.91 Å². The summed E-state index contributed by atoms with van der Waals surface area (Å²) in [6.45, 7) is 9.32. The Balaban J connectivity index is 1.29. The standard InChI is InChI=1S/C28H45F2NO4/c1-17(4-7-24(34)31-10-12-35-13-11-31)19-5-6-20-25-21(8-9-26(19,20)2)27(3)16-28(29,30)23(33)15-18(27)14-22(25)32/h17-23,25,32-33H,4-16H2,1-3H3/t17-,18-,19-,20?,21?,22?,23-,25?,26-,27+/m1/s1. The normalized spacial score (nSPS) is 48.0. The highest BCUT2D eigenvalue weighted by atomic mass is 19.3. The molecule has 5 aliphatic rings. The minimum absolute atomic E-state index is 0.0416. The molecule has 0 spiro atoms. The zero-order valence-corrected chi connectivity index (χ0v) is 21.7.